The highest BCUT2D eigenvalue weighted by atomic mass is 16.6. The van der Waals surface area contributed by atoms with Gasteiger partial charge in [0.1, 0.15) is 16.7 Å². The summed E-state index contributed by atoms with van der Waals surface area (Å²) in [6.07, 6.45) is -0.853. The Morgan fingerprint density at radius 2 is 1.61 bits per heavy atom. The Morgan fingerprint density at radius 1 is 1.09 bits per heavy atom. The minimum absolute atomic E-state index is 0.0960. The predicted octanol–water partition coefficient (Wildman–Crippen LogP) is 2.48. The normalized spacial score (nSPS) is 22.6. The summed E-state index contributed by atoms with van der Waals surface area (Å²) in [7, 11) is 0. The highest BCUT2D eigenvalue weighted by Gasteiger charge is 2.42. The van der Waals surface area contributed by atoms with Crippen LogP contribution in [0.5, 0.6) is 0 Å². The van der Waals surface area contributed by atoms with Crippen molar-refractivity contribution in [3.63, 3.8) is 0 Å². The molecule has 1 unspecified atom stereocenters. The largest absolute Gasteiger partial charge is 0.444 e. The number of likely N-dealkylation sites (tertiary alicyclic amines) is 1. The van der Waals surface area contributed by atoms with Crippen LogP contribution in [0.15, 0.2) is 0 Å². The molecule has 1 atom stereocenters. The van der Waals surface area contributed by atoms with E-state index >= 15 is 0 Å². The van der Waals surface area contributed by atoms with Crippen LogP contribution in [-0.4, -0.2) is 52.7 Å². The van der Waals surface area contributed by atoms with Gasteiger partial charge in [0.25, 0.3) is 0 Å². The molecule has 0 saturated carbocycles. The lowest BCUT2D eigenvalue weighted by Crippen LogP contribution is -2.61. The van der Waals surface area contributed by atoms with Crippen molar-refractivity contribution < 1.29 is 23.9 Å². The summed E-state index contributed by atoms with van der Waals surface area (Å²) in [5, 5.41) is 2.62. The van der Waals surface area contributed by atoms with Crippen LogP contribution < -0.4 is 5.32 Å². The number of carbonyl (C=O) groups excluding carboxylic acids is 3. The van der Waals surface area contributed by atoms with Crippen LogP contribution in [0, 0.1) is 0 Å². The Morgan fingerprint density at radius 3 is 2.04 bits per heavy atom. The summed E-state index contributed by atoms with van der Waals surface area (Å²) >= 11 is 0. The Kier molecular flexibility index (Phi) is 5.34. The zero-order valence-corrected chi connectivity index (χ0v) is 15.1. The number of hydrogen-bond acceptors (Lipinski definition) is 5. The van der Waals surface area contributed by atoms with Crippen molar-refractivity contribution in [2.45, 2.75) is 71.6 Å². The van der Waals surface area contributed by atoms with Crippen LogP contribution >= 0.6 is 0 Å². The Hall–Kier alpha value is -1.79. The number of piperidine rings is 1. The second kappa shape index (κ2) is 6.37. The number of Topliss-reactive ketones (excluding diaryl/α,β-unsaturated/α-hetero) is 1. The van der Waals surface area contributed by atoms with E-state index in [0.29, 0.717) is 13.0 Å². The van der Waals surface area contributed by atoms with E-state index in [-0.39, 0.29) is 12.3 Å². The molecule has 7 heteroatoms. The van der Waals surface area contributed by atoms with Gasteiger partial charge in [0.2, 0.25) is 0 Å². The molecule has 1 rings (SSSR count). The molecule has 0 aromatic heterocycles. The third kappa shape index (κ3) is 6.08. The van der Waals surface area contributed by atoms with Gasteiger partial charge < -0.3 is 19.7 Å². The summed E-state index contributed by atoms with van der Waals surface area (Å²) in [5.41, 5.74) is -2.29. The lowest BCUT2D eigenvalue weighted by atomic mass is 9.88. The van der Waals surface area contributed by atoms with Gasteiger partial charge in [-0.2, -0.15) is 0 Å². The fourth-order valence-electron chi connectivity index (χ4n) is 2.07. The molecule has 0 radical (unpaired) electrons. The fraction of sp³-hybridized carbons (Fsp3) is 0.812. The van der Waals surface area contributed by atoms with Crippen LogP contribution in [0.1, 0.15) is 54.9 Å². The van der Waals surface area contributed by atoms with Gasteiger partial charge in [-0.05, 0) is 54.9 Å². The van der Waals surface area contributed by atoms with E-state index in [1.165, 1.54) is 4.90 Å². The Bertz CT molecular complexity index is 490. The molecular formula is C16H28N2O5. The number of ketones is 1. The lowest BCUT2D eigenvalue weighted by Gasteiger charge is -2.38. The van der Waals surface area contributed by atoms with Crippen LogP contribution in [0.2, 0.25) is 0 Å². The molecular weight excluding hydrogens is 300 g/mol. The summed E-state index contributed by atoms with van der Waals surface area (Å²) in [6.45, 7) is 12.4. The number of alkyl carbamates (subject to hydrolysis) is 1. The van der Waals surface area contributed by atoms with E-state index < -0.39 is 28.9 Å². The van der Waals surface area contributed by atoms with E-state index in [0.717, 1.165) is 0 Å². The molecule has 1 N–H and O–H groups in total. The topological polar surface area (TPSA) is 84.9 Å². The third-order valence-corrected chi connectivity index (χ3v) is 3.26. The monoisotopic (exact) mass is 328 g/mol. The van der Waals surface area contributed by atoms with Gasteiger partial charge in [-0.15, -0.1) is 0 Å². The summed E-state index contributed by atoms with van der Waals surface area (Å²) in [4.78, 5) is 37.6. The van der Waals surface area contributed by atoms with Gasteiger partial charge in [-0.3, -0.25) is 4.79 Å². The van der Waals surface area contributed by atoms with Crippen molar-refractivity contribution in [2.75, 3.05) is 13.1 Å². The van der Waals surface area contributed by atoms with E-state index in [9.17, 15) is 14.4 Å². The van der Waals surface area contributed by atoms with Crippen molar-refractivity contribution in [2.24, 2.45) is 0 Å². The van der Waals surface area contributed by atoms with Crippen LogP contribution in [-0.2, 0) is 14.3 Å². The zero-order valence-electron chi connectivity index (χ0n) is 15.1. The molecule has 1 saturated heterocycles. The molecule has 0 aromatic carbocycles. The van der Waals surface area contributed by atoms with E-state index in [2.05, 4.69) is 5.32 Å². The summed E-state index contributed by atoms with van der Waals surface area (Å²) in [5.74, 6) is -0.250. The molecule has 23 heavy (non-hydrogen) atoms. The summed E-state index contributed by atoms with van der Waals surface area (Å²) in [6, 6.07) is 0. The summed E-state index contributed by atoms with van der Waals surface area (Å²) < 4.78 is 10.5. The third-order valence-electron chi connectivity index (χ3n) is 3.26. The molecule has 132 valence electrons. The number of carbonyl (C=O) groups is 3. The first-order valence-electron chi connectivity index (χ1n) is 7.74. The molecule has 7 nitrogen and oxygen atoms in total. The predicted molar refractivity (Wildman–Crippen MR) is 85.2 cm³/mol. The Balaban J connectivity index is 2.66. The SMILES string of the molecule is CC(C)(C)OC(=O)NC1(C)CCN(C(=O)OC(C)(C)C)CC1=O. The molecule has 0 spiro atoms. The van der Waals surface area contributed by atoms with Crippen molar-refractivity contribution in [3.8, 4) is 0 Å². The van der Waals surface area contributed by atoms with Crippen molar-refractivity contribution in [1.29, 1.82) is 0 Å². The minimum atomic E-state index is -1.04. The minimum Gasteiger partial charge on any atom is -0.444 e. The average molecular weight is 328 g/mol. The first-order chi connectivity index (χ1) is 10.2. The van der Waals surface area contributed by atoms with E-state index in [1.807, 2.05) is 0 Å². The first-order valence-corrected chi connectivity index (χ1v) is 7.74. The number of hydrogen-bond donors (Lipinski definition) is 1. The van der Waals surface area contributed by atoms with Gasteiger partial charge in [0.15, 0.2) is 5.78 Å². The number of ether oxygens (including phenoxy) is 2. The van der Waals surface area contributed by atoms with Crippen molar-refractivity contribution in [1.82, 2.24) is 10.2 Å². The zero-order chi connectivity index (χ0) is 18.1. The van der Waals surface area contributed by atoms with Crippen LogP contribution in [0.25, 0.3) is 0 Å². The van der Waals surface area contributed by atoms with Gasteiger partial charge in [0.05, 0.1) is 6.54 Å². The van der Waals surface area contributed by atoms with Crippen LogP contribution in [0.3, 0.4) is 0 Å². The standard InChI is InChI=1S/C16H28N2O5/c1-14(2,3)22-12(20)17-16(7)8-9-18(10-11(16)19)13(21)23-15(4,5)6/h8-10H2,1-7H3,(H,17,20). The molecule has 1 aliphatic heterocycles. The second-order valence-corrected chi connectivity index (χ2v) is 8.03. The molecule has 2 amide bonds. The second-order valence-electron chi connectivity index (χ2n) is 8.03. The van der Waals surface area contributed by atoms with Gasteiger partial charge in [-0.25, -0.2) is 9.59 Å². The first kappa shape index (κ1) is 19.3. The van der Waals surface area contributed by atoms with E-state index in [1.54, 1.807) is 48.5 Å². The maximum atomic E-state index is 12.4. The molecule has 0 aliphatic carbocycles. The number of nitrogens with zero attached hydrogens (tertiary/aromatic N) is 1. The quantitative estimate of drug-likeness (QED) is 0.799. The average Bonchev–Trinajstić information content (AvgIpc) is 2.27. The lowest BCUT2D eigenvalue weighted by molar-refractivity contribution is -0.129. The van der Waals surface area contributed by atoms with Crippen molar-refractivity contribution >= 4 is 18.0 Å². The van der Waals surface area contributed by atoms with Gasteiger partial charge in [-0.1, -0.05) is 0 Å². The smallest absolute Gasteiger partial charge is 0.410 e. The van der Waals surface area contributed by atoms with E-state index in [4.69, 9.17) is 9.47 Å². The molecule has 0 bridgehead atoms. The fourth-order valence-corrected chi connectivity index (χ4v) is 2.07. The molecule has 0 aromatic rings. The number of nitrogens with one attached hydrogen (secondary N) is 1. The molecule has 1 fully saturated rings. The highest BCUT2D eigenvalue weighted by Crippen LogP contribution is 2.21. The number of amides is 2. The van der Waals surface area contributed by atoms with Crippen molar-refractivity contribution in [3.05, 3.63) is 0 Å². The van der Waals surface area contributed by atoms with Gasteiger partial charge in [0, 0.05) is 6.54 Å². The molecule has 1 heterocycles. The highest BCUT2D eigenvalue weighted by molar-refractivity contribution is 5.95. The van der Waals surface area contributed by atoms with Crippen LogP contribution in [0.4, 0.5) is 9.59 Å². The maximum Gasteiger partial charge on any atom is 0.410 e. The Labute approximate surface area is 137 Å². The molecule has 1 aliphatic rings. The van der Waals surface area contributed by atoms with Gasteiger partial charge >= 0.3 is 12.2 Å². The maximum absolute atomic E-state index is 12.4. The number of rotatable bonds is 1.